The number of nitrogens with zero attached hydrogens (tertiary/aromatic N) is 4. The van der Waals surface area contributed by atoms with Crippen LogP contribution in [0, 0.1) is 5.82 Å². The molecular formula is C16H20FN5O2S. The van der Waals surface area contributed by atoms with Crippen LogP contribution >= 0.6 is 11.8 Å². The van der Waals surface area contributed by atoms with Crippen LogP contribution in [0.2, 0.25) is 0 Å². The van der Waals surface area contributed by atoms with Crippen molar-refractivity contribution in [2.24, 2.45) is 0 Å². The SMILES string of the molecule is C[C@@H]1CN(C(=O)CSc2nnc(-c3ccc(F)cc3)n2N)C[C@@H](C)O1. The summed E-state index contributed by atoms with van der Waals surface area (Å²) in [5.41, 5.74) is 0.658. The molecule has 1 aliphatic rings. The number of benzene rings is 1. The fraction of sp³-hybridized carbons (Fsp3) is 0.438. The summed E-state index contributed by atoms with van der Waals surface area (Å²) in [6.07, 6.45) is 0.0573. The first-order valence-electron chi connectivity index (χ1n) is 7.96. The van der Waals surface area contributed by atoms with Gasteiger partial charge in [-0.25, -0.2) is 9.07 Å². The van der Waals surface area contributed by atoms with Crippen LogP contribution in [-0.2, 0) is 9.53 Å². The van der Waals surface area contributed by atoms with Crippen molar-refractivity contribution in [1.82, 2.24) is 19.8 Å². The summed E-state index contributed by atoms with van der Waals surface area (Å²) in [5.74, 6) is 6.33. The lowest BCUT2D eigenvalue weighted by molar-refractivity contribution is -0.140. The van der Waals surface area contributed by atoms with Crippen molar-refractivity contribution in [3.63, 3.8) is 0 Å². The zero-order chi connectivity index (χ0) is 18.0. The van der Waals surface area contributed by atoms with E-state index in [1.807, 2.05) is 13.8 Å². The van der Waals surface area contributed by atoms with Crippen molar-refractivity contribution in [2.75, 3.05) is 24.7 Å². The van der Waals surface area contributed by atoms with Gasteiger partial charge in [-0.3, -0.25) is 4.79 Å². The summed E-state index contributed by atoms with van der Waals surface area (Å²) in [4.78, 5) is 14.2. The average molecular weight is 365 g/mol. The highest BCUT2D eigenvalue weighted by Gasteiger charge is 2.26. The molecule has 1 saturated heterocycles. The number of nitrogens with two attached hydrogens (primary N) is 1. The van der Waals surface area contributed by atoms with E-state index in [1.165, 1.54) is 28.6 Å². The van der Waals surface area contributed by atoms with Crippen LogP contribution in [0.5, 0.6) is 0 Å². The Kier molecular flexibility index (Phi) is 5.24. The van der Waals surface area contributed by atoms with Crippen molar-refractivity contribution in [3.05, 3.63) is 30.1 Å². The second-order valence-electron chi connectivity index (χ2n) is 6.03. The molecular weight excluding hydrogens is 345 g/mol. The maximum atomic E-state index is 13.0. The van der Waals surface area contributed by atoms with Gasteiger partial charge in [0.25, 0.3) is 0 Å². The van der Waals surface area contributed by atoms with Crippen molar-refractivity contribution in [1.29, 1.82) is 0 Å². The van der Waals surface area contributed by atoms with Crippen molar-refractivity contribution >= 4 is 17.7 Å². The minimum atomic E-state index is -0.332. The molecule has 0 unspecified atom stereocenters. The van der Waals surface area contributed by atoms with E-state index in [9.17, 15) is 9.18 Å². The van der Waals surface area contributed by atoms with Crippen LogP contribution in [0.15, 0.2) is 29.4 Å². The molecule has 2 heterocycles. The summed E-state index contributed by atoms with van der Waals surface area (Å²) in [6, 6.07) is 5.83. The van der Waals surface area contributed by atoms with Crippen LogP contribution in [-0.4, -0.2) is 56.7 Å². The Bertz CT molecular complexity index is 741. The number of amides is 1. The molecule has 1 amide bonds. The second-order valence-corrected chi connectivity index (χ2v) is 6.97. The highest BCUT2D eigenvalue weighted by atomic mass is 32.2. The Morgan fingerprint density at radius 3 is 2.56 bits per heavy atom. The van der Waals surface area contributed by atoms with E-state index in [1.54, 1.807) is 17.0 Å². The number of aromatic nitrogens is 3. The van der Waals surface area contributed by atoms with Gasteiger partial charge in [-0.05, 0) is 38.1 Å². The zero-order valence-electron chi connectivity index (χ0n) is 14.1. The molecule has 3 rings (SSSR count). The monoisotopic (exact) mass is 365 g/mol. The van der Waals surface area contributed by atoms with Crippen LogP contribution in [0.3, 0.4) is 0 Å². The number of thioether (sulfide) groups is 1. The van der Waals surface area contributed by atoms with E-state index in [2.05, 4.69) is 10.2 Å². The van der Waals surface area contributed by atoms with Gasteiger partial charge in [-0.1, -0.05) is 11.8 Å². The van der Waals surface area contributed by atoms with Gasteiger partial charge in [0.05, 0.1) is 18.0 Å². The Hall–Kier alpha value is -2.13. The van der Waals surface area contributed by atoms with E-state index in [-0.39, 0.29) is 29.7 Å². The normalized spacial score (nSPS) is 20.7. The predicted octanol–water partition coefficient (Wildman–Crippen LogP) is 1.53. The molecule has 1 aliphatic heterocycles. The third-order valence-corrected chi connectivity index (χ3v) is 4.79. The molecule has 1 aromatic heterocycles. The van der Waals surface area contributed by atoms with E-state index < -0.39 is 0 Å². The number of hydrogen-bond donors (Lipinski definition) is 1. The van der Waals surface area contributed by atoms with Crippen molar-refractivity contribution in [3.8, 4) is 11.4 Å². The molecule has 0 bridgehead atoms. The largest absolute Gasteiger partial charge is 0.372 e. The molecule has 9 heteroatoms. The molecule has 0 spiro atoms. The first-order chi connectivity index (χ1) is 11.9. The van der Waals surface area contributed by atoms with Gasteiger partial charge in [0.1, 0.15) is 5.82 Å². The zero-order valence-corrected chi connectivity index (χ0v) is 14.9. The van der Waals surface area contributed by atoms with Crippen LogP contribution < -0.4 is 5.84 Å². The minimum Gasteiger partial charge on any atom is -0.372 e. The second kappa shape index (κ2) is 7.40. The quantitative estimate of drug-likeness (QED) is 0.653. The smallest absolute Gasteiger partial charge is 0.233 e. The van der Waals surface area contributed by atoms with Crippen LogP contribution in [0.4, 0.5) is 4.39 Å². The third-order valence-electron chi connectivity index (χ3n) is 3.86. The summed E-state index contributed by atoms with van der Waals surface area (Å²) in [6.45, 7) is 5.07. The summed E-state index contributed by atoms with van der Waals surface area (Å²) in [7, 11) is 0. The predicted molar refractivity (Wildman–Crippen MR) is 92.9 cm³/mol. The maximum Gasteiger partial charge on any atom is 0.233 e. The minimum absolute atomic E-state index is 0.0123. The highest BCUT2D eigenvalue weighted by molar-refractivity contribution is 7.99. The third kappa shape index (κ3) is 4.10. The number of rotatable bonds is 4. The first kappa shape index (κ1) is 17.7. The van der Waals surface area contributed by atoms with E-state index >= 15 is 0 Å². The molecule has 2 N–H and O–H groups in total. The first-order valence-corrected chi connectivity index (χ1v) is 8.95. The fourth-order valence-electron chi connectivity index (χ4n) is 2.77. The molecule has 134 valence electrons. The van der Waals surface area contributed by atoms with E-state index in [0.717, 1.165) is 0 Å². The molecule has 1 aromatic carbocycles. The van der Waals surface area contributed by atoms with Gasteiger partial charge in [-0.2, -0.15) is 0 Å². The van der Waals surface area contributed by atoms with Gasteiger partial charge in [0.2, 0.25) is 11.1 Å². The number of morpholine rings is 1. The Labute approximate surface area is 149 Å². The van der Waals surface area contributed by atoms with Gasteiger partial charge in [0, 0.05) is 18.7 Å². The van der Waals surface area contributed by atoms with Crippen molar-refractivity contribution < 1.29 is 13.9 Å². The van der Waals surface area contributed by atoms with Gasteiger partial charge in [-0.15, -0.1) is 10.2 Å². The van der Waals surface area contributed by atoms with Crippen LogP contribution in [0.25, 0.3) is 11.4 Å². The maximum absolute atomic E-state index is 13.0. The lowest BCUT2D eigenvalue weighted by Gasteiger charge is -2.35. The molecule has 7 nitrogen and oxygen atoms in total. The van der Waals surface area contributed by atoms with Gasteiger partial charge in [0.15, 0.2) is 5.82 Å². The molecule has 0 saturated carbocycles. The van der Waals surface area contributed by atoms with Gasteiger partial charge >= 0.3 is 0 Å². The van der Waals surface area contributed by atoms with Gasteiger partial charge < -0.3 is 15.5 Å². The Balaban J connectivity index is 1.64. The van der Waals surface area contributed by atoms with E-state index in [4.69, 9.17) is 10.6 Å². The number of nitrogen functional groups attached to an aromatic ring is 1. The fourth-order valence-corrected chi connectivity index (χ4v) is 3.53. The lowest BCUT2D eigenvalue weighted by Crippen LogP contribution is -2.48. The lowest BCUT2D eigenvalue weighted by atomic mass is 10.2. The topological polar surface area (TPSA) is 86.3 Å². The number of ether oxygens (including phenoxy) is 1. The van der Waals surface area contributed by atoms with Crippen molar-refractivity contribution in [2.45, 2.75) is 31.2 Å². The Morgan fingerprint density at radius 2 is 1.92 bits per heavy atom. The average Bonchev–Trinajstić information content (AvgIpc) is 2.93. The number of carbonyl (C=O) groups excluding carboxylic acids is 1. The molecule has 2 atom stereocenters. The Morgan fingerprint density at radius 1 is 1.28 bits per heavy atom. The molecule has 2 aromatic rings. The number of halogens is 1. The van der Waals surface area contributed by atoms with E-state index in [0.29, 0.717) is 29.6 Å². The number of hydrogen-bond acceptors (Lipinski definition) is 6. The molecule has 0 radical (unpaired) electrons. The summed E-state index contributed by atoms with van der Waals surface area (Å²) >= 11 is 1.23. The molecule has 1 fully saturated rings. The molecule has 25 heavy (non-hydrogen) atoms. The summed E-state index contributed by atoms with van der Waals surface area (Å²) < 4.78 is 20.0. The molecule has 0 aliphatic carbocycles. The summed E-state index contributed by atoms with van der Waals surface area (Å²) in [5, 5.41) is 8.49. The number of carbonyl (C=O) groups is 1. The highest BCUT2D eigenvalue weighted by Crippen LogP contribution is 2.22. The van der Waals surface area contributed by atoms with Crippen LogP contribution in [0.1, 0.15) is 13.8 Å². The standard InChI is InChI=1S/C16H20FN5O2S/c1-10-7-21(8-11(2)24-10)14(23)9-25-16-20-19-15(22(16)18)12-3-5-13(17)6-4-12/h3-6,10-11H,7-9,18H2,1-2H3/t10-,11-/m1/s1.